The summed E-state index contributed by atoms with van der Waals surface area (Å²) >= 11 is 0. The van der Waals surface area contributed by atoms with Gasteiger partial charge in [-0.3, -0.25) is 9.59 Å². The van der Waals surface area contributed by atoms with Crippen LogP contribution in [0.4, 0.5) is 11.4 Å². The van der Waals surface area contributed by atoms with Crippen LogP contribution in [0.5, 0.6) is 5.75 Å². The van der Waals surface area contributed by atoms with Crippen LogP contribution >= 0.6 is 0 Å². The number of carboxylic acids is 1. The molecule has 0 radical (unpaired) electrons. The van der Waals surface area contributed by atoms with Crippen molar-refractivity contribution in [3.63, 3.8) is 0 Å². The molecule has 1 atom stereocenters. The zero-order valence-corrected chi connectivity index (χ0v) is 15.4. The van der Waals surface area contributed by atoms with E-state index < -0.39 is 39.5 Å². The Hall–Kier alpha value is -3.40. The van der Waals surface area contributed by atoms with Gasteiger partial charge in [0.05, 0.1) is 17.4 Å². The lowest BCUT2D eigenvalue weighted by Gasteiger charge is -2.15. The lowest BCUT2D eigenvalue weighted by Crippen LogP contribution is -2.30. The number of anilines is 2. The van der Waals surface area contributed by atoms with Gasteiger partial charge in [0.2, 0.25) is 15.9 Å². The van der Waals surface area contributed by atoms with E-state index in [-0.39, 0.29) is 28.3 Å². The summed E-state index contributed by atoms with van der Waals surface area (Å²) in [6, 6.07) is 9.02. The topological polar surface area (TPSA) is 141 Å². The number of carboxylic acid groups (broad SMARTS) is 1. The Morgan fingerprint density at radius 1 is 1.14 bits per heavy atom. The van der Waals surface area contributed by atoms with E-state index in [1.165, 1.54) is 37.3 Å². The van der Waals surface area contributed by atoms with Crippen molar-refractivity contribution in [2.24, 2.45) is 5.92 Å². The normalized spacial score (nSPS) is 18.1. The van der Waals surface area contributed by atoms with Crippen molar-refractivity contribution in [1.82, 2.24) is 0 Å². The smallest absolute Gasteiger partial charge is 0.339 e. The summed E-state index contributed by atoms with van der Waals surface area (Å²) in [5.74, 6) is -3.76. The molecule has 0 aliphatic carbocycles. The number of hydrogen-bond donors (Lipinski definition) is 3. The van der Waals surface area contributed by atoms with Gasteiger partial charge >= 0.3 is 5.97 Å². The number of aromatic hydroxyl groups is 1. The van der Waals surface area contributed by atoms with Gasteiger partial charge in [0, 0.05) is 17.3 Å². The van der Waals surface area contributed by atoms with E-state index in [9.17, 15) is 27.9 Å². The maximum atomic E-state index is 12.3. The van der Waals surface area contributed by atoms with Crippen LogP contribution in [-0.4, -0.2) is 42.2 Å². The molecule has 0 spiro atoms. The Balaban J connectivity index is 1.78. The van der Waals surface area contributed by atoms with E-state index in [2.05, 4.69) is 5.32 Å². The van der Waals surface area contributed by atoms with E-state index in [1.807, 2.05) is 0 Å². The first-order chi connectivity index (χ1) is 13.1. The number of phenols is 1. The monoisotopic (exact) mass is 404 g/mol. The van der Waals surface area contributed by atoms with Crippen molar-refractivity contribution in [3.8, 4) is 5.75 Å². The summed E-state index contributed by atoms with van der Waals surface area (Å²) in [5.41, 5.74) is 0.216. The third-order valence-corrected chi connectivity index (χ3v) is 6.08. The first kappa shape index (κ1) is 19.4. The van der Waals surface area contributed by atoms with Gasteiger partial charge in [-0.05, 0) is 36.4 Å². The Kier molecular flexibility index (Phi) is 4.82. The highest BCUT2D eigenvalue weighted by molar-refractivity contribution is 7.94. The summed E-state index contributed by atoms with van der Waals surface area (Å²) in [7, 11) is -3.73. The summed E-state index contributed by atoms with van der Waals surface area (Å²) in [6.45, 7) is 1.53. The number of aromatic carboxylic acids is 1. The van der Waals surface area contributed by atoms with Gasteiger partial charge in [0.1, 0.15) is 11.3 Å². The predicted octanol–water partition coefficient (Wildman–Crippen LogP) is 1.66. The van der Waals surface area contributed by atoms with Crippen LogP contribution in [0.1, 0.15) is 27.6 Å². The first-order valence-electron chi connectivity index (χ1n) is 8.15. The SMILES string of the molecule is CC1CS(=O)(=O)N(c2ccc(C(=O)Nc3ccc(C(=O)O)c(O)c3)cc2)C1=O. The molecule has 0 saturated carbocycles. The summed E-state index contributed by atoms with van der Waals surface area (Å²) < 4.78 is 25.0. The summed E-state index contributed by atoms with van der Waals surface area (Å²) in [5, 5.41) is 21.1. The summed E-state index contributed by atoms with van der Waals surface area (Å²) in [6.07, 6.45) is 0. The average Bonchev–Trinajstić information content (AvgIpc) is 2.82. The molecule has 146 valence electrons. The number of sulfonamides is 1. The van der Waals surface area contributed by atoms with Crippen molar-refractivity contribution >= 4 is 39.2 Å². The predicted molar refractivity (Wildman–Crippen MR) is 99.9 cm³/mol. The lowest BCUT2D eigenvalue weighted by molar-refractivity contribution is -0.119. The second-order valence-corrected chi connectivity index (χ2v) is 8.18. The molecule has 1 saturated heterocycles. The molecule has 1 aliphatic heterocycles. The number of carbonyl (C=O) groups excluding carboxylic acids is 2. The van der Waals surface area contributed by atoms with Gasteiger partial charge in [-0.25, -0.2) is 17.5 Å². The molecule has 1 aliphatic rings. The minimum atomic E-state index is -3.73. The van der Waals surface area contributed by atoms with Crippen molar-refractivity contribution in [3.05, 3.63) is 53.6 Å². The number of nitrogens with zero attached hydrogens (tertiary/aromatic N) is 1. The second-order valence-electron chi connectivity index (χ2n) is 6.32. The standard InChI is InChI=1S/C18H16N2O7S/c1-10-9-28(26,27)20(17(10)23)13-5-2-11(3-6-13)16(22)19-12-4-7-14(18(24)25)15(21)8-12/h2-8,10,21H,9H2,1H3,(H,19,22)(H,24,25). The van der Waals surface area contributed by atoms with Crippen molar-refractivity contribution in [2.75, 3.05) is 15.4 Å². The molecule has 2 aromatic rings. The maximum Gasteiger partial charge on any atom is 0.339 e. The fourth-order valence-electron chi connectivity index (χ4n) is 2.83. The molecule has 1 unspecified atom stereocenters. The fourth-order valence-corrected chi connectivity index (χ4v) is 4.65. The third-order valence-electron chi connectivity index (χ3n) is 4.21. The molecule has 28 heavy (non-hydrogen) atoms. The van der Waals surface area contributed by atoms with Crippen LogP contribution < -0.4 is 9.62 Å². The molecular weight excluding hydrogens is 388 g/mol. The van der Waals surface area contributed by atoms with Crippen LogP contribution in [0, 0.1) is 5.92 Å². The van der Waals surface area contributed by atoms with E-state index in [4.69, 9.17) is 5.11 Å². The Bertz CT molecular complexity index is 1080. The number of benzene rings is 2. The molecule has 0 aromatic heterocycles. The van der Waals surface area contributed by atoms with E-state index in [0.717, 1.165) is 16.4 Å². The molecular formula is C18H16N2O7S. The van der Waals surface area contributed by atoms with Crippen LogP contribution in [0.25, 0.3) is 0 Å². The van der Waals surface area contributed by atoms with Crippen molar-refractivity contribution in [2.45, 2.75) is 6.92 Å². The molecule has 3 rings (SSSR count). The minimum absolute atomic E-state index is 0.148. The van der Waals surface area contributed by atoms with Crippen LogP contribution in [0.3, 0.4) is 0 Å². The first-order valence-corrected chi connectivity index (χ1v) is 9.75. The average molecular weight is 404 g/mol. The van der Waals surface area contributed by atoms with Gasteiger partial charge in [-0.2, -0.15) is 0 Å². The maximum absolute atomic E-state index is 12.3. The number of carbonyl (C=O) groups is 3. The largest absolute Gasteiger partial charge is 0.507 e. The number of nitrogens with one attached hydrogen (secondary N) is 1. The van der Waals surface area contributed by atoms with Crippen molar-refractivity contribution in [1.29, 1.82) is 0 Å². The molecule has 2 amide bonds. The van der Waals surface area contributed by atoms with Gasteiger partial charge < -0.3 is 15.5 Å². The van der Waals surface area contributed by atoms with Gasteiger partial charge in [0.25, 0.3) is 5.91 Å². The molecule has 1 heterocycles. The van der Waals surface area contributed by atoms with E-state index >= 15 is 0 Å². The van der Waals surface area contributed by atoms with Gasteiger partial charge in [-0.1, -0.05) is 6.92 Å². The number of amides is 2. The van der Waals surface area contributed by atoms with Crippen molar-refractivity contribution < 1.29 is 33.0 Å². The lowest BCUT2D eigenvalue weighted by atomic mass is 10.1. The van der Waals surface area contributed by atoms with Crippen LogP contribution in [0.15, 0.2) is 42.5 Å². The van der Waals surface area contributed by atoms with Crippen LogP contribution in [0.2, 0.25) is 0 Å². The number of rotatable bonds is 4. The molecule has 0 bridgehead atoms. The minimum Gasteiger partial charge on any atom is -0.507 e. The van der Waals surface area contributed by atoms with E-state index in [0.29, 0.717) is 0 Å². The van der Waals surface area contributed by atoms with E-state index in [1.54, 1.807) is 0 Å². The van der Waals surface area contributed by atoms with Gasteiger partial charge in [-0.15, -0.1) is 0 Å². The third kappa shape index (κ3) is 3.54. The fraction of sp³-hybridized carbons (Fsp3) is 0.167. The highest BCUT2D eigenvalue weighted by Crippen LogP contribution is 2.28. The second kappa shape index (κ2) is 6.97. The molecule has 3 N–H and O–H groups in total. The molecule has 9 nitrogen and oxygen atoms in total. The Morgan fingerprint density at radius 2 is 1.79 bits per heavy atom. The van der Waals surface area contributed by atoms with Crippen LogP contribution in [-0.2, 0) is 14.8 Å². The Labute approximate surface area is 160 Å². The number of hydrogen-bond acceptors (Lipinski definition) is 6. The Morgan fingerprint density at radius 3 is 2.29 bits per heavy atom. The highest BCUT2D eigenvalue weighted by Gasteiger charge is 2.41. The summed E-state index contributed by atoms with van der Waals surface area (Å²) in [4.78, 5) is 35.3. The highest BCUT2D eigenvalue weighted by atomic mass is 32.2. The molecule has 2 aromatic carbocycles. The molecule has 10 heteroatoms. The quantitative estimate of drug-likeness (QED) is 0.703. The van der Waals surface area contributed by atoms with Gasteiger partial charge in [0.15, 0.2) is 0 Å². The zero-order chi connectivity index (χ0) is 20.6. The molecule has 1 fully saturated rings. The zero-order valence-electron chi connectivity index (χ0n) is 14.6.